The van der Waals surface area contributed by atoms with E-state index in [2.05, 4.69) is 22.9 Å². The Balaban J connectivity index is 1.52. The van der Waals surface area contributed by atoms with Gasteiger partial charge in [0.1, 0.15) is 5.60 Å². The van der Waals surface area contributed by atoms with Crippen molar-refractivity contribution in [1.82, 2.24) is 9.55 Å². The molecule has 0 atom stereocenters. The van der Waals surface area contributed by atoms with Crippen LogP contribution >= 0.6 is 0 Å². The summed E-state index contributed by atoms with van der Waals surface area (Å²) < 4.78 is 7.29. The summed E-state index contributed by atoms with van der Waals surface area (Å²) >= 11 is 0. The summed E-state index contributed by atoms with van der Waals surface area (Å²) in [5, 5.41) is 0.943. The second kappa shape index (κ2) is 10.6. The Kier molecular flexibility index (Phi) is 7.36. The third-order valence-electron chi connectivity index (χ3n) is 5.61. The molecule has 0 aliphatic rings. The molecule has 5 heteroatoms. The fourth-order valence-electron chi connectivity index (χ4n) is 3.91. The van der Waals surface area contributed by atoms with Gasteiger partial charge in [-0.1, -0.05) is 47.7 Å². The minimum absolute atomic E-state index is 0.00899. The normalized spacial score (nSPS) is 11.1. The van der Waals surface area contributed by atoms with Gasteiger partial charge >= 0.3 is 5.97 Å². The van der Waals surface area contributed by atoms with Crippen LogP contribution in [0.1, 0.15) is 66.4 Å². The van der Waals surface area contributed by atoms with Crippen molar-refractivity contribution in [3.8, 4) is 11.8 Å². The maximum absolute atomic E-state index is 13.1. The maximum Gasteiger partial charge on any atom is 0.307 e. The van der Waals surface area contributed by atoms with E-state index < -0.39 is 5.60 Å². The molecule has 2 aromatic carbocycles. The second-order valence-corrected chi connectivity index (χ2v) is 9.82. The van der Waals surface area contributed by atoms with Gasteiger partial charge in [0.25, 0.3) is 0 Å². The molecule has 2 heterocycles. The highest BCUT2D eigenvalue weighted by Gasteiger charge is 2.16. The van der Waals surface area contributed by atoms with Gasteiger partial charge < -0.3 is 9.30 Å². The molecule has 0 bridgehead atoms. The molecule has 5 nitrogen and oxygen atoms in total. The average molecular weight is 479 g/mol. The molecule has 182 valence electrons. The third kappa shape index (κ3) is 6.28. The van der Waals surface area contributed by atoms with Crippen LogP contribution in [0, 0.1) is 18.8 Å². The molecule has 0 amide bonds. The minimum Gasteiger partial charge on any atom is -0.460 e. The first-order valence-corrected chi connectivity index (χ1v) is 12.0. The monoisotopic (exact) mass is 478 g/mol. The van der Waals surface area contributed by atoms with Gasteiger partial charge in [-0.05, 0) is 63.6 Å². The largest absolute Gasteiger partial charge is 0.460 e. The second-order valence-electron chi connectivity index (χ2n) is 9.82. The Morgan fingerprint density at radius 1 is 1.03 bits per heavy atom. The zero-order chi connectivity index (χ0) is 25.7. The van der Waals surface area contributed by atoms with Gasteiger partial charge in [0.05, 0.1) is 17.6 Å². The van der Waals surface area contributed by atoms with E-state index in [0.29, 0.717) is 24.2 Å². The highest BCUT2D eigenvalue weighted by Crippen LogP contribution is 2.20. The number of aryl methyl sites for hydroxylation is 1. The van der Waals surface area contributed by atoms with E-state index in [1.807, 2.05) is 99.3 Å². The molecule has 0 unspecified atom stereocenters. The van der Waals surface area contributed by atoms with Crippen molar-refractivity contribution >= 4 is 22.7 Å². The van der Waals surface area contributed by atoms with Crippen molar-refractivity contribution in [2.45, 2.75) is 52.7 Å². The molecular formula is C31H30N2O3. The van der Waals surface area contributed by atoms with Gasteiger partial charge in [0.15, 0.2) is 0 Å². The molecule has 0 fully saturated rings. The standard InChI is InChI=1S/C31H30N2O3/c1-22-14-16-25(17-15-22)30(35)28-12-8-18-33(28)21-23-19-26-24(10-7-11-27(26)32-20-23)9-5-6-13-29(34)36-31(2,3)4/h7-8,10-12,14-20H,6,13,21H2,1-4H3. The lowest BCUT2D eigenvalue weighted by atomic mass is 10.1. The molecule has 0 N–H and O–H groups in total. The number of aromatic nitrogens is 2. The molecule has 0 aliphatic heterocycles. The van der Waals surface area contributed by atoms with Crippen LogP contribution in [0.5, 0.6) is 0 Å². The summed E-state index contributed by atoms with van der Waals surface area (Å²) in [5.74, 6) is 6.02. The van der Waals surface area contributed by atoms with Crippen LogP contribution < -0.4 is 0 Å². The zero-order valence-corrected chi connectivity index (χ0v) is 21.2. The van der Waals surface area contributed by atoms with E-state index in [9.17, 15) is 9.59 Å². The number of pyridine rings is 1. The van der Waals surface area contributed by atoms with Crippen LogP contribution in [0.4, 0.5) is 0 Å². The first-order valence-electron chi connectivity index (χ1n) is 12.0. The Bertz CT molecular complexity index is 1460. The highest BCUT2D eigenvalue weighted by molar-refractivity contribution is 6.08. The molecule has 4 aromatic rings. The molecule has 0 aliphatic carbocycles. The van der Waals surface area contributed by atoms with Crippen molar-refractivity contribution in [1.29, 1.82) is 0 Å². The van der Waals surface area contributed by atoms with Crippen LogP contribution in [0.25, 0.3) is 10.9 Å². The van der Waals surface area contributed by atoms with Gasteiger partial charge in [0, 0.05) is 41.9 Å². The Hall–Kier alpha value is -4.17. The lowest BCUT2D eigenvalue weighted by Crippen LogP contribution is -2.23. The minimum atomic E-state index is -0.494. The van der Waals surface area contributed by atoms with Crippen LogP contribution in [0.3, 0.4) is 0 Å². The molecule has 0 spiro atoms. The van der Waals surface area contributed by atoms with Gasteiger partial charge in [0.2, 0.25) is 5.78 Å². The number of nitrogens with zero attached hydrogens (tertiary/aromatic N) is 2. The third-order valence-corrected chi connectivity index (χ3v) is 5.61. The first-order chi connectivity index (χ1) is 17.2. The summed E-state index contributed by atoms with van der Waals surface area (Å²) in [6.45, 7) is 8.08. The van der Waals surface area contributed by atoms with Crippen molar-refractivity contribution in [2.24, 2.45) is 0 Å². The fourth-order valence-corrected chi connectivity index (χ4v) is 3.91. The number of hydrogen-bond acceptors (Lipinski definition) is 4. The van der Waals surface area contributed by atoms with Crippen LogP contribution in [0.15, 0.2) is 73.1 Å². The van der Waals surface area contributed by atoms with Crippen LogP contribution in [0.2, 0.25) is 0 Å². The van der Waals surface area contributed by atoms with Crippen molar-refractivity contribution in [3.63, 3.8) is 0 Å². The van der Waals surface area contributed by atoms with Gasteiger partial charge in [-0.25, -0.2) is 0 Å². The number of esters is 1. The number of benzene rings is 2. The summed E-state index contributed by atoms with van der Waals surface area (Å²) in [4.78, 5) is 29.6. The average Bonchev–Trinajstić information content (AvgIpc) is 3.29. The van der Waals surface area contributed by atoms with Gasteiger partial charge in [-0.15, -0.1) is 0 Å². The molecule has 4 rings (SSSR count). The molecule has 0 saturated heterocycles. The van der Waals surface area contributed by atoms with E-state index in [0.717, 1.165) is 27.6 Å². The van der Waals surface area contributed by atoms with E-state index in [1.54, 1.807) is 0 Å². The predicted molar refractivity (Wildman–Crippen MR) is 142 cm³/mol. The van der Waals surface area contributed by atoms with E-state index in [1.165, 1.54) is 0 Å². The quantitative estimate of drug-likeness (QED) is 0.191. The molecule has 0 radical (unpaired) electrons. The zero-order valence-electron chi connectivity index (χ0n) is 21.2. The highest BCUT2D eigenvalue weighted by atomic mass is 16.6. The summed E-state index contributed by atoms with van der Waals surface area (Å²) in [5.41, 5.74) is 4.60. The molecular weight excluding hydrogens is 448 g/mol. The summed E-state index contributed by atoms with van der Waals surface area (Å²) in [6.07, 6.45) is 4.42. The lowest BCUT2D eigenvalue weighted by Gasteiger charge is -2.18. The van der Waals surface area contributed by atoms with Crippen molar-refractivity contribution < 1.29 is 14.3 Å². The van der Waals surface area contributed by atoms with Crippen LogP contribution in [-0.4, -0.2) is 26.9 Å². The predicted octanol–water partition coefficient (Wildman–Crippen LogP) is 6.10. The maximum atomic E-state index is 13.1. The van der Waals surface area contributed by atoms with E-state index in [-0.39, 0.29) is 18.2 Å². The Morgan fingerprint density at radius 2 is 1.81 bits per heavy atom. The number of ketones is 1. The topological polar surface area (TPSA) is 61.2 Å². The number of carbonyl (C=O) groups is 2. The molecule has 2 aromatic heterocycles. The molecule has 36 heavy (non-hydrogen) atoms. The summed E-state index contributed by atoms with van der Waals surface area (Å²) in [6, 6.07) is 19.3. The smallest absolute Gasteiger partial charge is 0.307 e. The molecule has 0 saturated carbocycles. The van der Waals surface area contributed by atoms with Gasteiger partial charge in [-0.3, -0.25) is 14.6 Å². The number of hydrogen-bond donors (Lipinski definition) is 0. The van der Waals surface area contributed by atoms with Gasteiger partial charge in [-0.2, -0.15) is 0 Å². The Morgan fingerprint density at radius 3 is 2.56 bits per heavy atom. The van der Waals surface area contributed by atoms with Crippen molar-refractivity contribution in [2.75, 3.05) is 0 Å². The summed E-state index contributed by atoms with van der Waals surface area (Å²) in [7, 11) is 0. The van der Waals surface area contributed by atoms with E-state index >= 15 is 0 Å². The number of carbonyl (C=O) groups excluding carboxylic acids is 2. The number of rotatable bonds is 6. The van der Waals surface area contributed by atoms with Crippen LogP contribution in [-0.2, 0) is 16.1 Å². The van der Waals surface area contributed by atoms with E-state index in [4.69, 9.17) is 4.74 Å². The Labute approximate surface area is 212 Å². The van der Waals surface area contributed by atoms with Crippen molar-refractivity contribution in [3.05, 3.63) is 101 Å². The lowest BCUT2D eigenvalue weighted by molar-refractivity contribution is -0.154. The fraction of sp³-hybridized carbons (Fsp3) is 0.258. The number of fused-ring (bicyclic) bond motifs is 1. The first kappa shape index (κ1) is 24.9. The SMILES string of the molecule is Cc1ccc(C(=O)c2cccn2Cc2cnc3cccc(C#CCCC(=O)OC(C)(C)C)c3c2)cc1. The number of ether oxygens (including phenoxy) is 1.